The van der Waals surface area contributed by atoms with Crippen molar-refractivity contribution in [1.29, 1.82) is 0 Å². The van der Waals surface area contributed by atoms with Crippen LogP contribution in [0, 0.1) is 23.6 Å². The quantitative estimate of drug-likeness (QED) is 0.0935. The molecule has 316 valence electrons. The molecule has 2 aliphatic heterocycles. The minimum absolute atomic E-state index is 0.0184. The molecule has 0 bridgehead atoms. The van der Waals surface area contributed by atoms with Gasteiger partial charge in [0.15, 0.2) is 11.6 Å². The van der Waals surface area contributed by atoms with E-state index >= 15 is 4.39 Å². The van der Waals surface area contributed by atoms with Gasteiger partial charge in [-0.05, 0) is 108 Å². The molecule has 11 nitrogen and oxygen atoms in total. The van der Waals surface area contributed by atoms with E-state index in [1.807, 2.05) is 37.2 Å². The Labute approximate surface area is 336 Å². The first-order valence-corrected chi connectivity index (χ1v) is 21.0. The van der Waals surface area contributed by atoms with Crippen LogP contribution >= 0.6 is 0 Å². The van der Waals surface area contributed by atoms with Gasteiger partial charge in [-0.3, -0.25) is 0 Å². The third kappa shape index (κ3) is 15.5. The molecule has 2 aliphatic rings. The first-order valence-electron chi connectivity index (χ1n) is 21.0. The third-order valence-electron chi connectivity index (χ3n) is 10.6. The Balaban J connectivity index is 0.000000413. The molecule has 2 aromatic carbocycles. The number of carbonyl (C=O) groups is 2. The largest absolute Gasteiger partial charge is 0.454 e. The van der Waals surface area contributed by atoms with Gasteiger partial charge >= 0.3 is 12.1 Å². The second-order valence-corrected chi connectivity index (χ2v) is 16.4. The van der Waals surface area contributed by atoms with Gasteiger partial charge in [0.2, 0.25) is 0 Å². The van der Waals surface area contributed by atoms with E-state index in [9.17, 15) is 14.7 Å². The molecule has 0 saturated carbocycles. The fourth-order valence-electron chi connectivity index (χ4n) is 7.96. The molecule has 4 amide bonds. The maximum atomic E-state index is 15.3. The average molecular weight is 785 g/mol. The lowest BCUT2D eigenvalue weighted by Gasteiger charge is -2.43. The average Bonchev–Trinajstić information content (AvgIpc) is 3.18. The summed E-state index contributed by atoms with van der Waals surface area (Å²) in [5, 5.41) is 25.1. The Kier molecular flexibility index (Phi) is 21.0. The maximum Gasteiger partial charge on any atom is 0.317 e. The van der Waals surface area contributed by atoms with Crippen molar-refractivity contribution >= 4 is 12.1 Å². The summed E-state index contributed by atoms with van der Waals surface area (Å²) < 4.78 is 26.5. The van der Waals surface area contributed by atoms with Crippen molar-refractivity contribution in [3.8, 4) is 11.5 Å². The predicted molar refractivity (Wildman–Crippen MR) is 224 cm³/mol. The van der Waals surface area contributed by atoms with Crippen LogP contribution in [0.25, 0.3) is 0 Å². The monoisotopic (exact) mass is 785 g/mol. The van der Waals surface area contributed by atoms with Gasteiger partial charge in [-0.25, -0.2) is 14.0 Å². The van der Waals surface area contributed by atoms with E-state index in [1.165, 1.54) is 12.5 Å². The molecule has 2 fully saturated rings. The van der Waals surface area contributed by atoms with Gasteiger partial charge in [0, 0.05) is 76.6 Å². The lowest BCUT2D eigenvalue weighted by atomic mass is 9.73. The first kappa shape index (κ1) is 46.9. The molecular formula is C44H73FN6O5. The second-order valence-electron chi connectivity index (χ2n) is 16.4. The zero-order valence-corrected chi connectivity index (χ0v) is 35.4. The van der Waals surface area contributed by atoms with Gasteiger partial charge in [0.25, 0.3) is 0 Å². The molecule has 2 saturated heterocycles. The standard InChI is InChI=1S/C31H46FN3O4.C13H27N3O/c1-23(2)20-25(21-33-3)34-30(36)35-18-11-12-24(22-35)31(37,17-8-9-19-38-4)27-15-10-16-28(32)29(27)39-26-13-6-5-7-14-26;1-11(2)9-12(10-14-3)15-13(17)16-7-5-4-6-8-16/h5-7,10,13-16,23-25,33,37H,8-9,11-12,17-22H2,1-4H3,(H,34,36);11-12,14H,4-10H2,1-3H3,(H,15,17)/t24-,25+,31+;12-/m10/s1. The van der Waals surface area contributed by atoms with Crippen LogP contribution in [0.4, 0.5) is 14.0 Å². The van der Waals surface area contributed by atoms with Gasteiger partial charge in [-0.15, -0.1) is 0 Å². The number of methoxy groups -OCH3 is 1. The molecule has 12 heteroatoms. The van der Waals surface area contributed by atoms with Crippen molar-refractivity contribution in [3.63, 3.8) is 0 Å². The van der Waals surface area contributed by atoms with Crippen molar-refractivity contribution in [3.05, 3.63) is 59.9 Å². The Morgan fingerprint density at radius 1 is 0.821 bits per heavy atom. The van der Waals surface area contributed by atoms with Crippen LogP contribution in [0.3, 0.4) is 0 Å². The number of unbranched alkanes of at least 4 members (excludes halogenated alkanes) is 1. The highest BCUT2D eigenvalue weighted by atomic mass is 19.1. The summed E-state index contributed by atoms with van der Waals surface area (Å²) in [5.41, 5.74) is -0.967. The summed E-state index contributed by atoms with van der Waals surface area (Å²) >= 11 is 0. The van der Waals surface area contributed by atoms with Crippen LogP contribution in [0.15, 0.2) is 48.5 Å². The molecule has 2 heterocycles. The summed E-state index contributed by atoms with van der Waals surface area (Å²) in [7, 11) is 5.47. The number of nitrogens with one attached hydrogen (secondary N) is 4. The van der Waals surface area contributed by atoms with Crippen LogP contribution in [0.2, 0.25) is 0 Å². The number of likely N-dealkylation sites (tertiary alicyclic amines) is 2. The van der Waals surface area contributed by atoms with E-state index in [-0.39, 0.29) is 35.8 Å². The van der Waals surface area contributed by atoms with Crippen molar-refractivity contribution in [2.24, 2.45) is 17.8 Å². The maximum absolute atomic E-state index is 15.3. The minimum atomic E-state index is -1.39. The van der Waals surface area contributed by atoms with Crippen molar-refractivity contribution in [2.45, 2.75) is 110 Å². The van der Waals surface area contributed by atoms with Gasteiger partial charge in [-0.2, -0.15) is 0 Å². The highest BCUT2D eigenvalue weighted by Crippen LogP contribution is 2.45. The smallest absolute Gasteiger partial charge is 0.317 e. The van der Waals surface area contributed by atoms with Gasteiger partial charge < -0.3 is 45.6 Å². The summed E-state index contributed by atoms with van der Waals surface area (Å²) in [6.07, 6.45) is 8.78. The topological polar surface area (TPSA) is 127 Å². The molecule has 0 aromatic heterocycles. The van der Waals surface area contributed by atoms with Crippen LogP contribution < -0.4 is 26.0 Å². The Morgan fingerprint density at radius 2 is 1.41 bits per heavy atom. The summed E-state index contributed by atoms with van der Waals surface area (Å²) in [6, 6.07) is 14.0. The number of halogens is 1. The molecular weight excluding hydrogens is 712 g/mol. The van der Waals surface area contributed by atoms with Gasteiger partial charge in [-0.1, -0.05) is 58.0 Å². The Hall–Kier alpha value is -3.45. The molecule has 5 N–H and O–H groups in total. The lowest BCUT2D eigenvalue weighted by Crippen LogP contribution is -2.54. The summed E-state index contributed by atoms with van der Waals surface area (Å²) in [5.74, 6) is 0.774. The third-order valence-corrected chi connectivity index (χ3v) is 10.6. The van der Waals surface area contributed by atoms with E-state index in [1.54, 1.807) is 36.3 Å². The molecule has 0 radical (unpaired) electrons. The number of para-hydroxylation sites is 2. The number of ether oxygens (including phenoxy) is 2. The van der Waals surface area contributed by atoms with Gasteiger partial charge in [0.05, 0.1) is 5.60 Å². The number of benzene rings is 2. The van der Waals surface area contributed by atoms with Crippen molar-refractivity contribution in [1.82, 2.24) is 31.1 Å². The number of nitrogens with zero attached hydrogens (tertiary/aromatic N) is 2. The number of amides is 4. The molecule has 0 aliphatic carbocycles. The van der Waals surface area contributed by atoms with E-state index < -0.39 is 11.4 Å². The number of piperidine rings is 2. The predicted octanol–water partition coefficient (Wildman–Crippen LogP) is 7.49. The van der Waals surface area contributed by atoms with E-state index in [0.717, 1.165) is 64.6 Å². The number of urea groups is 2. The number of likely N-dealkylation sites (N-methyl/N-ethyl adjacent to an activating group) is 2. The van der Waals surface area contributed by atoms with Gasteiger partial charge in [0.1, 0.15) is 5.75 Å². The van der Waals surface area contributed by atoms with Crippen LogP contribution in [0.1, 0.15) is 97.5 Å². The normalized spacial score (nSPS) is 18.1. The number of carbonyl (C=O) groups excluding carboxylic acids is 2. The number of aliphatic hydroxyl groups is 1. The molecule has 4 rings (SSSR count). The molecule has 56 heavy (non-hydrogen) atoms. The highest BCUT2D eigenvalue weighted by Gasteiger charge is 2.43. The zero-order chi connectivity index (χ0) is 40.9. The van der Waals surface area contributed by atoms with Crippen LogP contribution in [-0.2, 0) is 10.3 Å². The molecule has 0 unspecified atom stereocenters. The highest BCUT2D eigenvalue weighted by molar-refractivity contribution is 5.75. The Morgan fingerprint density at radius 3 is 1.98 bits per heavy atom. The van der Waals surface area contributed by atoms with Crippen LogP contribution in [0.5, 0.6) is 11.5 Å². The number of rotatable bonds is 19. The SMILES string of the molecule is CNC[C@H](CC(C)C)NC(=O)N1CCCCC1.CNC[C@H](CC(C)C)NC(=O)N1CCC[C@@H]([C@@](O)(CCCCOC)c2cccc(F)c2Oc2ccccc2)C1. The lowest BCUT2D eigenvalue weighted by molar-refractivity contribution is -0.0578. The molecule has 2 aromatic rings. The minimum Gasteiger partial charge on any atom is -0.454 e. The van der Waals surface area contributed by atoms with E-state index in [4.69, 9.17) is 9.47 Å². The molecule has 0 spiro atoms. The van der Waals surface area contributed by atoms with E-state index in [0.29, 0.717) is 62.2 Å². The molecule has 4 atom stereocenters. The summed E-state index contributed by atoms with van der Waals surface area (Å²) in [6.45, 7) is 13.6. The Bertz CT molecular complexity index is 1410. The number of hydrogen-bond donors (Lipinski definition) is 5. The number of hydrogen-bond acceptors (Lipinski definition) is 7. The fourth-order valence-corrected chi connectivity index (χ4v) is 7.96. The first-order chi connectivity index (χ1) is 26.9. The van der Waals surface area contributed by atoms with E-state index in [2.05, 4.69) is 49.0 Å². The zero-order valence-electron chi connectivity index (χ0n) is 35.4. The summed E-state index contributed by atoms with van der Waals surface area (Å²) in [4.78, 5) is 29.1. The van der Waals surface area contributed by atoms with Crippen molar-refractivity contribution in [2.75, 3.05) is 67.1 Å². The second kappa shape index (κ2) is 25.0. The fraction of sp³-hybridized carbons (Fsp3) is 0.682. The van der Waals surface area contributed by atoms with Crippen molar-refractivity contribution < 1.29 is 28.6 Å². The van der Waals surface area contributed by atoms with Crippen LogP contribution in [-0.4, -0.2) is 106 Å².